The summed E-state index contributed by atoms with van der Waals surface area (Å²) < 4.78 is 0. The third kappa shape index (κ3) is 2.07. The Morgan fingerprint density at radius 3 is 2.52 bits per heavy atom. The van der Waals surface area contributed by atoms with Crippen molar-refractivity contribution < 1.29 is 0 Å². The highest BCUT2D eigenvalue weighted by Gasteiger charge is 2.39. The van der Waals surface area contributed by atoms with E-state index in [4.69, 9.17) is 0 Å². The summed E-state index contributed by atoms with van der Waals surface area (Å²) in [6, 6.07) is 20.9. The summed E-state index contributed by atoms with van der Waals surface area (Å²) in [6.45, 7) is 3.68. The molecule has 2 aromatic rings. The molecule has 0 bridgehead atoms. The van der Waals surface area contributed by atoms with Crippen LogP contribution in [0, 0.1) is 5.92 Å². The van der Waals surface area contributed by atoms with Gasteiger partial charge in [0.05, 0.1) is 0 Å². The molecule has 1 heteroatoms. The SMILES string of the molecule is C[C@@H]1[C@H](c2ccccc2)c2ccccc2N2CCCC[C@H]12. The Bertz CT molecular complexity index is 619. The Morgan fingerprint density at radius 2 is 1.67 bits per heavy atom. The summed E-state index contributed by atoms with van der Waals surface area (Å²) in [4.78, 5) is 2.68. The van der Waals surface area contributed by atoms with E-state index >= 15 is 0 Å². The van der Waals surface area contributed by atoms with E-state index in [1.807, 2.05) is 0 Å². The molecule has 2 aliphatic heterocycles. The van der Waals surface area contributed by atoms with Crippen LogP contribution in [-0.4, -0.2) is 12.6 Å². The molecule has 2 aliphatic rings. The van der Waals surface area contributed by atoms with Gasteiger partial charge in [0.2, 0.25) is 0 Å². The van der Waals surface area contributed by atoms with Crippen LogP contribution in [0.25, 0.3) is 0 Å². The maximum atomic E-state index is 2.68. The van der Waals surface area contributed by atoms with E-state index in [9.17, 15) is 0 Å². The predicted molar refractivity (Wildman–Crippen MR) is 88.9 cm³/mol. The molecular weight excluding hydrogens is 254 g/mol. The van der Waals surface area contributed by atoms with Crippen LogP contribution in [0.5, 0.6) is 0 Å². The highest BCUT2D eigenvalue weighted by atomic mass is 15.2. The lowest BCUT2D eigenvalue weighted by Crippen LogP contribution is -2.49. The van der Waals surface area contributed by atoms with Crippen molar-refractivity contribution >= 4 is 5.69 Å². The summed E-state index contributed by atoms with van der Waals surface area (Å²) in [6.07, 6.45) is 4.07. The van der Waals surface area contributed by atoms with E-state index in [0.29, 0.717) is 17.9 Å². The smallest absolute Gasteiger partial charge is 0.0407 e. The first-order chi connectivity index (χ1) is 10.4. The number of para-hydroxylation sites is 1. The van der Waals surface area contributed by atoms with E-state index < -0.39 is 0 Å². The Kier molecular flexibility index (Phi) is 3.21. The van der Waals surface area contributed by atoms with Gasteiger partial charge in [-0.25, -0.2) is 0 Å². The Hall–Kier alpha value is -1.76. The number of hydrogen-bond donors (Lipinski definition) is 0. The second-order valence-corrected chi connectivity index (χ2v) is 6.56. The van der Waals surface area contributed by atoms with Gasteiger partial charge in [-0.15, -0.1) is 0 Å². The predicted octanol–water partition coefficient (Wildman–Crippen LogP) is 4.83. The topological polar surface area (TPSA) is 3.24 Å². The zero-order valence-corrected chi connectivity index (χ0v) is 12.7. The number of rotatable bonds is 1. The molecule has 0 saturated carbocycles. The molecule has 0 spiro atoms. The average molecular weight is 277 g/mol. The van der Waals surface area contributed by atoms with Gasteiger partial charge in [0.1, 0.15) is 0 Å². The van der Waals surface area contributed by atoms with Crippen molar-refractivity contribution in [3.05, 3.63) is 65.7 Å². The van der Waals surface area contributed by atoms with Gasteiger partial charge in [0.25, 0.3) is 0 Å². The van der Waals surface area contributed by atoms with Crippen LogP contribution in [0.15, 0.2) is 54.6 Å². The first kappa shape index (κ1) is 12.9. The minimum atomic E-state index is 0.543. The van der Waals surface area contributed by atoms with Crippen molar-refractivity contribution in [3.8, 4) is 0 Å². The molecule has 0 N–H and O–H groups in total. The molecule has 1 fully saturated rings. The van der Waals surface area contributed by atoms with E-state index in [2.05, 4.69) is 66.4 Å². The largest absolute Gasteiger partial charge is 0.368 e. The third-order valence-corrected chi connectivity index (χ3v) is 5.42. The molecule has 108 valence electrons. The second kappa shape index (κ2) is 5.22. The highest BCUT2D eigenvalue weighted by Crippen LogP contribution is 2.47. The summed E-state index contributed by atoms with van der Waals surface area (Å²) in [5.41, 5.74) is 4.48. The van der Waals surface area contributed by atoms with Crippen molar-refractivity contribution in [2.24, 2.45) is 5.92 Å². The maximum absolute atomic E-state index is 2.68. The molecule has 0 aromatic heterocycles. The normalized spacial score (nSPS) is 27.9. The standard InChI is InChI=1S/C20H23N/c1-15-18-12-7-8-14-21(18)19-13-6-5-11-17(19)20(15)16-9-3-2-4-10-16/h2-6,9-11,13,15,18,20H,7-8,12,14H2,1H3/t15-,18+,20+/m0/s1. The van der Waals surface area contributed by atoms with Crippen LogP contribution in [-0.2, 0) is 0 Å². The lowest BCUT2D eigenvalue weighted by molar-refractivity contribution is 0.315. The van der Waals surface area contributed by atoms with Gasteiger partial charge < -0.3 is 4.90 Å². The molecule has 2 heterocycles. The maximum Gasteiger partial charge on any atom is 0.0407 e. The van der Waals surface area contributed by atoms with E-state index in [0.717, 1.165) is 0 Å². The van der Waals surface area contributed by atoms with Crippen LogP contribution in [0.4, 0.5) is 5.69 Å². The molecule has 0 radical (unpaired) electrons. The zero-order chi connectivity index (χ0) is 14.2. The number of nitrogens with zero attached hydrogens (tertiary/aromatic N) is 1. The number of piperidine rings is 1. The fraction of sp³-hybridized carbons (Fsp3) is 0.400. The lowest BCUT2D eigenvalue weighted by Gasteiger charge is -2.49. The minimum Gasteiger partial charge on any atom is -0.368 e. The first-order valence-corrected chi connectivity index (χ1v) is 8.27. The summed E-state index contributed by atoms with van der Waals surface area (Å²) in [5, 5.41) is 0. The van der Waals surface area contributed by atoms with Crippen LogP contribution >= 0.6 is 0 Å². The van der Waals surface area contributed by atoms with Gasteiger partial charge in [-0.05, 0) is 42.4 Å². The molecule has 0 amide bonds. The van der Waals surface area contributed by atoms with Gasteiger partial charge in [-0.2, -0.15) is 0 Å². The molecule has 1 nitrogen and oxygen atoms in total. The Balaban J connectivity index is 1.86. The molecule has 0 aliphatic carbocycles. The highest BCUT2D eigenvalue weighted by molar-refractivity contribution is 5.61. The van der Waals surface area contributed by atoms with Gasteiger partial charge >= 0.3 is 0 Å². The van der Waals surface area contributed by atoms with Gasteiger partial charge in [-0.1, -0.05) is 55.5 Å². The van der Waals surface area contributed by atoms with Crippen molar-refractivity contribution in [1.82, 2.24) is 0 Å². The molecule has 0 unspecified atom stereocenters. The number of hydrogen-bond acceptors (Lipinski definition) is 1. The van der Waals surface area contributed by atoms with Crippen LogP contribution in [0.2, 0.25) is 0 Å². The number of fused-ring (bicyclic) bond motifs is 3. The fourth-order valence-electron chi connectivity index (χ4n) is 4.46. The van der Waals surface area contributed by atoms with Crippen molar-refractivity contribution in [1.29, 1.82) is 0 Å². The van der Waals surface area contributed by atoms with Crippen LogP contribution in [0.3, 0.4) is 0 Å². The van der Waals surface area contributed by atoms with Gasteiger partial charge in [0, 0.05) is 24.2 Å². The fourth-order valence-corrected chi connectivity index (χ4v) is 4.46. The van der Waals surface area contributed by atoms with Gasteiger partial charge in [0.15, 0.2) is 0 Å². The lowest BCUT2D eigenvalue weighted by atomic mass is 9.71. The summed E-state index contributed by atoms with van der Waals surface area (Å²) in [7, 11) is 0. The average Bonchev–Trinajstić information content (AvgIpc) is 2.56. The van der Waals surface area contributed by atoms with E-state index in [-0.39, 0.29) is 0 Å². The molecule has 3 atom stereocenters. The summed E-state index contributed by atoms with van der Waals surface area (Å²) in [5.74, 6) is 1.23. The molecule has 21 heavy (non-hydrogen) atoms. The van der Waals surface area contributed by atoms with Crippen molar-refractivity contribution in [2.75, 3.05) is 11.4 Å². The molecule has 1 saturated heterocycles. The monoisotopic (exact) mass is 277 g/mol. The van der Waals surface area contributed by atoms with E-state index in [1.54, 1.807) is 0 Å². The van der Waals surface area contributed by atoms with Crippen LogP contribution < -0.4 is 4.90 Å². The van der Waals surface area contributed by atoms with Crippen LogP contribution in [0.1, 0.15) is 43.2 Å². The molecule has 4 rings (SSSR count). The quantitative estimate of drug-likeness (QED) is 0.722. The van der Waals surface area contributed by atoms with Crippen molar-refractivity contribution in [2.45, 2.75) is 38.1 Å². The Morgan fingerprint density at radius 1 is 0.905 bits per heavy atom. The van der Waals surface area contributed by atoms with Crippen molar-refractivity contribution in [3.63, 3.8) is 0 Å². The van der Waals surface area contributed by atoms with E-state index in [1.165, 1.54) is 42.6 Å². The summed E-state index contributed by atoms with van der Waals surface area (Å²) >= 11 is 0. The molecule has 2 aromatic carbocycles. The first-order valence-electron chi connectivity index (χ1n) is 8.27. The zero-order valence-electron chi connectivity index (χ0n) is 12.7. The number of anilines is 1. The molecular formula is C20H23N. The second-order valence-electron chi connectivity index (χ2n) is 6.56. The Labute approximate surface area is 127 Å². The third-order valence-electron chi connectivity index (χ3n) is 5.42. The minimum absolute atomic E-state index is 0.543. The number of benzene rings is 2. The van der Waals surface area contributed by atoms with Gasteiger partial charge in [-0.3, -0.25) is 0 Å².